The fourth-order valence-corrected chi connectivity index (χ4v) is 3.83. The number of hydrogen-bond acceptors (Lipinski definition) is 5. The Hall–Kier alpha value is -4.07. The van der Waals surface area contributed by atoms with Crippen molar-refractivity contribution in [3.8, 4) is 5.75 Å². The van der Waals surface area contributed by atoms with Crippen molar-refractivity contribution < 1.29 is 23.5 Å². The van der Waals surface area contributed by atoms with Crippen LogP contribution in [-0.2, 0) is 22.6 Å². The Morgan fingerprint density at radius 2 is 1.68 bits per heavy atom. The van der Waals surface area contributed by atoms with Crippen molar-refractivity contribution in [2.24, 2.45) is 5.92 Å². The minimum atomic E-state index is -0.563. The fraction of sp³-hybridized carbons (Fsp3) is 0.269. The number of carbonyl (C=O) groups excluding carboxylic acids is 3. The van der Waals surface area contributed by atoms with Crippen molar-refractivity contribution in [2.75, 3.05) is 13.1 Å². The smallest absolute Gasteiger partial charge is 0.305 e. The molecular weight excluding hydrogens is 434 g/mol. The van der Waals surface area contributed by atoms with Crippen LogP contribution in [0.25, 0.3) is 0 Å². The van der Waals surface area contributed by atoms with Crippen LogP contribution >= 0.6 is 0 Å². The number of likely N-dealkylation sites (tertiary alicyclic amines) is 1. The van der Waals surface area contributed by atoms with E-state index in [2.05, 4.69) is 10.9 Å². The summed E-state index contributed by atoms with van der Waals surface area (Å²) < 4.78 is 11.1. The first kappa shape index (κ1) is 23.1. The maximum Gasteiger partial charge on any atom is 0.305 e. The Kier molecular flexibility index (Phi) is 7.60. The van der Waals surface area contributed by atoms with Gasteiger partial charge in [-0.25, -0.2) is 0 Å². The normalized spacial score (nSPS) is 15.4. The molecule has 8 nitrogen and oxygen atoms in total. The van der Waals surface area contributed by atoms with Gasteiger partial charge in [-0.1, -0.05) is 48.5 Å². The molecule has 1 unspecified atom stereocenters. The van der Waals surface area contributed by atoms with Crippen molar-refractivity contribution in [2.45, 2.75) is 25.9 Å². The average Bonchev–Trinajstić information content (AvgIpc) is 3.36. The Morgan fingerprint density at radius 1 is 0.941 bits per heavy atom. The van der Waals surface area contributed by atoms with Gasteiger partial charge in [0.05, 0.1) is 12.3 Å². The molecule has 0 radical (unpaired) electrons. The molecule has 0 saturated carbocycles. The van der Waals surface area contributed by atoms with E-state index in [1.54, 1.807) is 11.0 Å². The second kappa shape index (κ2) is 11.2. The number of rotatable bonds is 7. The molecular formula is C26H27N3O5. The van der Waals surface area contributed by atoms with E-state index in [-0.39, 0.29) is 30.1 Å². The molecule has 1 atom stereocenters. The van der Waals surface area contributed by atoms with Gasteiger partial charge in [-0.05, 0) is 42.7 Å². The molecule has 3 amide bonds. The van der Waals surface area contributed by atoms with Crippen LogP contribution in [0.2, 0.25) is 0 Å². The molecule has 1 saturated heterocycles. The lowest BCUT2D eigenvalue weighted by Crippen LogP contribution is -2.50. The SMILES string of the molecule is O=C(NNC(=O)C1CCCN(C(=O)Cc2ccccc2)C1)c1ccc(COc2ccccc2)o1. The zero-order valence-corrected chi connectivity index (χ0v) is 18.7. The van der Waals surface area contributed by atoms with E-state index < -0.39 is 5.91 Å². The largest absolute Gasteiger partial charge is 0.486 e. The van der Waals surface area contributed by atoms with Gasteiger partial charge in [-0.2, -0.15) is 0 Å². The highest BCUT2D eigenvalue weighted by Crippen LogP contribution is 2.18. The maximum atomic E-state index is 12.6. The third-order valence-electron chi connectivity index (χ3n) is 5.65. The molecule has 0 aliphatic carbocycles. The van der Waals surface area contributed by atoms with Crippen molar-refractivity contribution in [3.63, 3.8) is 0 Å². The summed E-state index contributed by atoms with van der Waals surface area (Å²) in [5.41, 5.74) is 5.79. The molecule has 1 aliphatic rings. The van der Waals surface area contributed by atoms with Crippen LogP contribution in [0.15, 0.2) is 77.2 Å². The second-order valence-electron chi connectivity index (χ2n) is 8.15. The number of carbonyl (C=O) groups is 3. The van der Waals surface area contributed by atoms with Gasteiger partial charge < -0.3 is 14.1 Å². The zero-order chi connectivity index (χ0) is 23.8. The van der Waals surface area contributed by atoms with Crippen LogP contribution in [0.5, 0.6) is 5.75 Å². The topological polar surface area (TPSA) is 101 Å². The fourth-order valence-electron chi connectivity index (χ4n) is 3.83. The molecule has 1 aromatic heterocycles. The summed E-state index contributed by atoms with van der Waals surface area (Å²) in [6.07, 6.45) is 1.69. The van der Waals surface area contributed by atoms with Crippen molar-refractivity contribution in [1.82, 2.24) is 15.8 Å². The van der Waals surface area contributed by atoms with E-state index in [0.29, 0.717) is 37.4 Å². The molecule has 2 aromatic carbocycles. The van der Waals surface area contributed by atoms with Crippen molar-refractivity contribution in [3.05, 3.63) is 89.9 Å². The second-order valence-corrected chi connectivity index (χ2v) is 8.15. The summed E-state index contributed by atoms with van der Waals surface area (Å²) in [7, 11) is 0. The lowest BCUT2D eigenvalue weighted by atomic mass is 9.97. The zero-order valence-electron chi connectivity index (χ0n) is 18.7. The Labute approximate surface area is 197 Å². The molecule has 176 valence electrons. The van der Waals surface area contributed by atoms with Crippen molar-refractivity contribution >= 4 is 17.7 Å². The Morgan fingerprint density at radius 3 is 2.44 bits per heavy atom. The minimum absolute atomic E-state index is 0.00595. The number of nitrogens with zero attached hydrogens (tertiary/aromatic N) is 1. The highest BCUT2D eigenvalue weighted by molar-refractivity contribution is 5.93. The molecule has 3 aromatic rings. The van der Waals surface area contributed by atoms with E-state index >= 15 is 0 Å². The molecule has 1 fully saturated rings. The van der Waals surface area contributed by atoms with E-state index in [1.165, 1.54) is 6.07 Å². The summed E-state index contributed by atoms with van der Waals surface area (Å²) in [5.74, 6) is -0.0398. The number of amides is 3. The maximum absolute atomic E-state index is 12.6. The molecule has 2 heterocycles. The lowest BCUT2D eigenvalue weighted by Gasteiger charge is -2.32. The summed E-state index contributed by atoms with van der Waals surface area (Å²) in [5, 5.41) is 0. The molecule has 0 spiro atoms. The first-order chi connectivity index (χ1) is 16.6. The number of hydrogen-bond donors (Lipinski definition) is 2. The van der Waals surface area contributed by atoms with E-state index in [0.717, 1.165) is 12.0 Å². The first-order valence-electron chi connectivity index (χ1n) is 11.3. The lowest BCUT2D eigenvalue weighted by molar-refractivity contribution is -0.135. The summed E-state index contributed by atoms with van der Waals surface area (Å²) >= 11 is 0. The third kappa shape index (κ3) is 6.25. The molecule has 0 bridgehead atoms. The van der Waals surface area contributed by atoms with Gasteiger partial charge in [0.15, 0.2) is 5.76 Å². The number of benzene rings is 2. The van der Waals surface area contributed by atoms with Crippen molar-refractivity contribution in [1.29, 1.82) is 0 Å². The first-order valence-corrected chi connectivity index (χ1v) is 11.3. The molecule has 2 N–H and O–H groups in total. The quantitative estimate of drug-likeness (QED) is 0.527. The van der Waals surface area contributed by atoms with Gasteiger partial charge in [0.25, 0.3) is 0 Å². The highest BCUT2D eigenvalue weighted by Gasteiger charge is 2.28. The van der Waals surface area contributed by atoms with E-state index in [4.69, 9.17) is 9.15 Å². The number of nitrogens with one attached hydrogen (secondary N) is 2. The van der Waals surface area contributed by atoms with Gasteiger partial charge in [-0.15, -0.1) is 0 Å². The van der Waals surface area contributed by atoms with Gasteiger partial charge in [0.2, 0.25) is 11.8 Å². The monoisotopic (exact) mass is 461 g/mol. The predicted octanol–water partition coefficient (Wildman–Crippen LogP) is 3.10. The van der Waals surface area contributed by atoms with Gasteiger partial charge in [0.1, 0.15) is 18.1 Å². The summed E-state index contributed by atoms with van der Waals surface area (Å²) in [6.45, 7) is 1.13. The third-order valence-corrected chi connectivity index (χ3v) is 5.65. The number of furan rings is 1. The molecule has 8 heteroatoms. The van der Waals surface area contributed by atoms with Crippen LogP contribution < -0.4 is 15.6 Å². The number of piperidine rings is 1. The number of para-hydroxylation sites is 1. The highest BCUT2D eigenvalue weighted by atomic mass is 16.5. The standard InChI is InChI=1S/C26H27N3O5/c30-24(16-19-8-3-1-4-9-19)29-15-7-10-20(17-29)25(31)27-28-26(32)23-14-13-22(34-23)18-33-21-11-5-2-6-12-21/h1-6,8-9,11-14,20H,7,10,15-18H2,(H,27,31)(H,28,32). The summed E-state index contributed by atoms with van der Waals surface area (Å²) in [6, 6.07) is 22.0. The van der Waals surface area contributed by atoms with Crippen LogP contribution in [0.4, 0.5) is 0 Å². The molecule has 34 heavy (non-hydrogen) atoms. The van der Waals surface area contributed by atoms with Crippen LogP contribution in [-0.4, -0.2) is 35.7 Å². The van der Waals surface area contributed by atoms with Crippen LogP contribution in [0.1, 0.15) is 34.7 Å². The minimum Gasteiger partial charge on any atom is -0.486 e. The number of hydrazine groups is 1. The molecule has 4 rings (SSSR count). The van der Waals surface area contributed by atoms with E-state index in [9.17, 15) is 14.4 Å². The predicted molar refractivity (Wildman–Crippen MR) is 125 cm³/mol. The van der Waals surface area contributed by atoms with Gasteiger partial charge in [-0.3, -0.25) is 25.2 Å². The van der Waals surface area contributed by atoms with Gasteiger partial charge >= 0.3 is 5.91 Å². The van der Waals surface area contributed by atoms with Crippen LogP contribution in [0, 0.1) is 5.92 Å². The summed E-state index contributed by atoms with van der Waals surface area (Å²) in [4.78, 5) is 39.3. The van der Waals surface area contributed by atoms with Gasteiger partial charge in [0, 0.05) is 13.1 Å². The Balaban J connectivity index is 1.23. The Bertz CT molecular complexity index is 1110. The van der Waals surface area contributed by atoms with E-state index in [1.807, 2.05) is 60.7 Å². The van der Waals surface area contributed by atoms with Crippen LogP contribution in [0.3, 0.4) is 0 Å². The number of ether oxygens (including phenoxy) is 1. The molecule has 1 aliphatic heterocycles. The average molecular weight is 462 g/mol.